The van der Waals surface area contributed by atoms with Crippen LogP contribution < -0.4 is 4.74 Å². The van der Waals surface area contributed by atoms with Crippen LogP contribution in [0, 0.1) is 0 Å². The number of halogens is 1. The van der Waals surface area contributed by atoms with E-state index >= 15 is 0 Å². The van der Waals surface area contributed by atoms with Gasteiger partial charge in [-0.25, -0.2) is 0 Å². The van der Waals surface area contributed by atoms with E-state index in [-0.39, 0.29) is 0 Å². The Kier molecular flexibility index (Phi) is 5.36. The fourth-order valence-corrected chi connectivity index (χ4v) is 2.00. The lowest BCUT2D eigenvalue weighted by Gasteiger charge is -2.16. The van der Waals surface area contributed by atoms with Crippen LogP contribution in [0.1, 0.15) is 13.8 Å². The van der Waals surface area contributed by atoms with E-state index in [4.69, 9.17) is 4.74 Å². The van der Waals surface area contributed by atoms with Gasteiger partial charge in [0.15, 0.2) is 3.92 Å². The highest BCUT2D eigenvalue weighted by Crippen LogP contribution is 2.21. The van der Waals surface area contributed by atoms with Crippen molar-refractivity contribution in [3.05, 3.63) is 3.92 Å². The number of nitrogens with zero attached hydrogens (tertiary/aromatic N) is 3. The molecule has 0 bridgehead atoms. The topological polar surface area (TPSA) is 38.2 Å². The van der Waals surface area contributed by atoms with E-state index in [0.717, 1.165) is 23.6 Å². The molecule has 1 aromatic rings. The molecule has 0 atom stereocenters. The molecule has 1 aromatic heterocycles. The minimum absolute atomic E-state index is 0.629. The third-order valence-corrected chi connectivity index (χ3v) is 3.18. The van der Waals surface area contributed by atoms with Crippen molar-refractivity contribution in [2.24, 2.45) is 0 Å². The second-order valence-corrected chi connectivity index (χ2v) is 4.91. The molecule has 80 valence electrons. The van der Waals surface area contributed by atoms with Crippen LogP contribution in [0.4, 0.5) is 0 Å². The zero-order valence-electron chi connectivity index (χ0n) is 8.36. The van der Waals surface area contributed by atoms with Gasteiger partial charge in [-0.05, 0) is 40.4 Å². The predicted octanol–water partition coefficient (Wildman–Crippen LogP) is 2.02. The monoisotopic (exact) mass is 279 g/mol. The van der Waals surface area contributed by atoms with Gasteiger partial charge in [0.2, 0.25) is 0 Å². The van der Waals surface area contributed by atoms with E-state index in [1.807, 2.05) is 0 Å². The van der Waals surface area contributed by atoms with Crippen LogP contribution in [0.15, 0.2) is 3.92 Å². The van der Waals surface area contributed by atoms with Gasteiger partial charge in [0.25, 0.3) is 5.19 Å². The molecule has 0 unspecified atom stereocenters. The SMILES string of the molecule is CCN(CC)CCOc1nnc(Br)s1. The second kappa shape index (κ2) is 6.31. The minimum Gasteiger partial charge on any atom is -0.468 e. The van der Waals surface area contributed by atoms with Crippen molar-refractivity contribution < 1.29 is 4.74 Å². The first-order chi connectivity index (χ1) is 6.76. The van der Waals surface area contributed by atoms with Gasteiger partial charge in [-0.1, -0.05) is 18.9 Å². The molecule has 0 N–H and O–H groups in total. The van der Waals surface area contributed by atoms with Crippen LogP contribution in [0.5, 0.6) is 5.19 Å². The molecular weight excluding hydrogens is 266 g/mol. The highest BCUT2D eigenvalue weighted by atomic mass is 79.9. The molecule has 0 saturated heterocycles. The largest absolute Gasteiger partial charge is 0.468 e. The quantitative estimate of drug-likeness (QED) is 0.799. The molecular formula is C8H14BrN3OS. The Morgan fingerprint density at radius 2 is 2.07 bits per heavy atom. The molecule has 0 aliphatic heterocycles. The van der Waals surface area contributed by atoms with Gasteiger partial charge in [0.1, 0.15) is 6.61 Å². The fourth-order valence-electron chi connectivity index (χ4n) is 1.05. The van der Waals surface area contributed by atoms with Crippen LogP contribution in [0.25, 0.3) is 0 Å². The maximum absolute atomic E-state index is 5.43. The van der Waals surface area contributed by atoms with Gasteiger partial charge in [0.05, 0.1) is 0 Å². The number of ether oxygens (including phenoxy) is 1. The average Bonchev–Trinajstić information content (AvgIpc) is 2.59. The van der Waals surface area contributed by atoms with Crippen LogP contribution in [-0.4, -0.2) is 41.3 Å². The number of aromatic nitrogens is 2. The molecule has 0 radical (unpaired) electrons. The Hall–Kier alpha value is -0.200. The van der Waals surface area contributed by atoms with Crippen LogP contribution >= 0.6 is 27.3 Å². The van der Waals surface area contributed by atoms with Crippen LogP contribution in [-0.2, 0) is 0 Å². The first kappa shape index (κ1) is 11.9. The molecule has 14 heavy (non-hydrogen) atoms. The molecule has 6 heteroatoms. The zero-order valence-corrected chi connectivity index (χ0v) is 10.8. The van der Waals surface area contributed by atoms with Crippen molar-refractivity contribution in [1.29, 1.82) is 0 Å². The zero-order chi connectivity index (χ0) is 10.4. The minimum atomic E-state index is 0.629. The van der Waals surface area contributed by atoms with Crippen molar-refractivity contribution in [3.8, 4) is 5.19 Å². The maximum atomic E-state index is 5.43. The second-order valence-electron chi connectivity index (χ2n) is 2.70. The molecule has 0 fully saturated rings. The van der Waals surface area contributed by atoms with E-state index < -0.39 is 0 Å². The maximum Gasteiger partial charge on any atom is 0.294 e. The van der Waals surface area contributed by atoms with Crippen LogP contribution in [0.2, 0.25) is 0 Å². The van der Waals surface area contributed by atoms with Gasteiger partial charge in [-0.3, -0.25) is 0 Å². The van der Waals surface area contributed by atoms with Gasteiger partial charge < -0.3 is 9.64 Å². The van der Waals surface area contributed by atoms with Gasteiger partial charge in [-0.15, -0.1) is 5.10 Å². The number of rotatable bonds is 6. The summed E-state index contributed by atoms with van der Waals surface area (Å²) in [4.78, 5) is 2.30. The molecule has 1 heterocycles. The molecule has 1 rings (SSSR count). The number of hydrogen-bond acceptors (Lipinski definition) is 5. The smallest absolute Gasteiger partial charge is 0.294 e. The Balaban J connectivity index is 2.21. The summed E-state index contributed by atoms with van der Waals surface area (Å²) < 4.78 is 6.19. The normalized spacial score (nSPS) is 10.9. The summed E-state index contributed by atoms with van der Waals surface area (Å²) >= 11 is 4.64. The summed E-state index contributed by atoms with van der Waals surface area (Å²) in [6.45, 7) is 8.00. The van der Waals surface area contributed by atoms with Crippen molar-refractivity contribution in [2.45, 2.75) is 13.8 Å². The summed E-state index contributed by atoms with van der Waals surface area (Å²) in [6.07, 6.45) is 0. The number of likely N-dealkylation sites (N-methyl/N-ethyl adjacent to an activating group) is 1. The fraction of sp³-hybridized carbons (Fsp3) is 0.750. The lowest BCUT2D eigenvalue weighted by molar-refractivity contribution is 0.221. The lowest BCUT2D eigenvalue weighted by atomic mass is 10.5. The van der Waals surface area contributed by atoms with E-state index in [9.17, 15) is 0 Å². The lowest BCUT2D eigenvalue weighted by Crippen LogP contribution is -2.27. The first-order valence-electron chi connectivity index (χ1n) is 4.60. The first-order valence-corrected chi connectivity index (χ1v) is 6.21. The van der Waals surface area contributed by atoms with Gasteiger partial charge in [0, 0.05) is 6.54 Å². The highest BCUT2D eigenvalue weighted by molar-refractivity contribution is 9.11. The molecule has 0 aromatic carbocycles. The van der Waals surface area contributed by atoms with Crippen molar-refractivity contribution in [3.63, 3.8) is 0 Å². The summed E-state index contributed by atoms with van der Waals surface area (Å²) in [5.41, 5.74) is 0. The van der Waals surface area contributed by atoms with E-state index in [0.29, 0.717) is 11.8 Å². The Bertz CT molecular complexity index is 265. The Morgan fingerprint density at radius 3 is 2.57 bits per heavy atom. The standard InChI is InChI=1S/C8H14BrN3OS/c1-3-12(4-2)5-6-13-8-11-10-7(9)14-8/h3-6H2,1-2H3. The van der Waals surface area contributed by atoms with Crippen molar-refractivity contribution >= 4 is 27.3 Å². The molecule has 0 aliphatic carbocycles. The van der Waals surface area contributed by atoms with Gasteiger partial charge in [-0.2, -0.15) is 0 Å². The molecule has 0 spiro atoms. The van der Waals surface area contributed by atoms with Gasteiger partial charge >= 0.3 is 0 Å². The summed E-state index contributed by atoms with van der Waals surface area (Å²) in [6, 6.07) is 0. The third-order valence-electron chi connectivity index (χ3n) is 1.91. The third kappa shape index (κ3) is 3.89. The highest BCUT2D eigenvalue weighted by Gasteiger charge is 2.03. The molecule has 4 nitrogen and oxygen atoms in total. The molecule has 0 saturated carbocycles. The van der Waals surface area contributed by atoms with E-state index in [1.165, 1.54) is 11.3 Å². The average molecular weight is 280 g/mol. The number of hydrogen-bond donors (Lipinski definition) is 0. The van der Waals surface area contributed by atoms with Crippen molar-refractivity contribution in [2.75, 3.05) is 26.2 Å². The summed E-state index contributed by atoms with van der Waals surface area (Å²) in [7, 11) is 0. The van der Waals surface area contributed by atoms with E-state index in [2.05, 4.69) is 44.9 Å². The molecule has 0 amide bonds. The predicted molar refractivity (Wildman–Crippen MR) is 60.9 cm³/mol. The Morgan fingerprint density at radius 1 is 1.36 bits per heavy atom. The summed E-state index contributed by atoms with van der Waals surface area (Å²) in [5.74, 6) is 0. The van der Waals surface area contributed by atoms with E-state index in [1.54, 1.807) is 0 Å². The Labute approximate surface area is 96.4 Å². The van der Waals surface area contributed by atoms with Crippen molar-refractivity contribution in [1.82, 2.24) is 15.1 Å². The molecule has 0 aliphatic rings. The van der Waals surface area contributed by atoms with Crippen LogP contribution in [0.3, 0.4) is 0 Å². The summed E-state index contributed by atoms with van der Waals surface area (Å²) in [5, 5.41) is 8.28.